The zero-order valence-corrected chi connectivity index (χ0v) is 11.5. The van der Waals surface area contributed by atoms with Gasteiger partial charge >= 0.3 is 6.09 Å². The third-order valence-electron chi connectivity index (χ3n) is 3.06. The van der Waals surface area contributed by atoms with Crippen molar-refractivity contribution >= 4 is 11.8 Å². The molecule has 0 fully saturated rings. The highest BCUT2D eigenvalue weighted by molar-refractivity contribution is 5.76. The Morgan fingerprint density at radius 2 is 1.91 bits per heavy atom. The number of nitrogen functional groups attached to an aromatic ring is 1. The van der Waals surface area contributed by atoms with Crippen LogP contribution in [0.2, 0.25) is 0 Å². The summed E-state index contributed by atoms with van der Waals surface area (Å²) in [7, 11) is 0. The smallest absolute Gasteiger partial charge is 0.416 e. The van der Waals surface area contributed by atoms with Gasteiger partial charge in [-0.05, 0) is 42.5 Å². The molecule has 2 heterocycles. The van der Waals surface area contributed by atoms with Gasteiger partial charge in [0.05, 0.1) is 11.4 Å². The van der Waals surface area contributed by atoms with E-state index in [2.05, 4.69) is 4.98 Å². The number of carbonyl (C=O) groups is 1. The van der Waals surface area contributed by atoms with Crippen LogP contribution in [0, 0.1) is 0 Å². The number of aromatic nitrogens is 2. The molecule has 0 bridgehead atoms. The summed E-state index contributed by atoms with van der Waals surface area (Å²) < 4.78 is 6.83. The number of ether oxygens (including phenoxy) is 1. The number of hydrogen-bond acceptors (Lipinski definition) is 4. The summed E-state index contributed by atoms with van der Waals surface area (Å²) in [6.45, 7) is 0. The van der Waals surface area contributed by atoms with Crippen LogP contribution in [0.15, 0.2) is 60.9 Å². The van der Waals surface area contributed by atoms with E-state index in [-0.39, 0.29) is 0 Å². The summed E-state index contributed by atoms with van der Waals surface area (Å²) >= 11 is 0. The molecule has 0 amide bonds. The van der Waals surface area contributed by atoms with Crippen LogP contribution in [0.5, 0.6) is 11.5 Å². The van der Waals surface area contributed by atoms with Crippen molar-refractivity contribution in [3.8, 4) is 22.9 Å². The predicted molar refractivity (Wildman–Crippen MR) is 82.0 cm³/mol. The van der Waals surface area contributed by atoms with Crippen LogP contribution in [0.3, 0.4) is 0 Å². The van der Waals surface area contributed by atoms with Crippen LogP contribution in [0.4, 0.5) is 10.5 Å². The van der Waals surface area contributed by atoms with Gasteiger partial charge in [0, 0.05) is 24.1 Å². The predicted octanol–water partition coefficient (Wildman–Crippen LogP) is 3.45. The number of anilines is 1. The van der Waals surface area contributed by atoms with E-state index >= 15 is 0 Å². The van der Waals surface area contributed by atoms with E-state index in [4.69, 9.17) is 15.6 Å². The van der Waals surface area contributed by atoms with Gasteiger partial charge in [-0.15, -0.1) is 0 Å². The Labute approximate surface area is 126 Å². The Kier molecular flexibility index (Phi) is 3.49. The molecule has 6 heteroatoms. The molecule has 22 heavy (non-hydrogen) atoms. The first-order valence-corrected chi connectivity index (χ1v) is 6.54. The molecular weight excluding hydrogens is 282 g/mol. The molecule has 0 saturated heterocycles. The van der Waals surface area contributed by atoms with Crippen molar-refractivity contribution in [1.82, 2.24) is 9.55 Å². The van der Waals surface area contributed by atoms with Crippen molar-refractivity contribution in [1.29, 1.82) is 0 Å². The molecule has 0 atom stereocenters. The summed E-state index contributed by atoms with van der Waals surface area (Å²) in [5, 5.41) is 9.14. The number of nitrogens with zero attached hydrogens (tertiary/aromatic N) is 2. The first-order valence-electron chi connectivity index (χ1n) is 6.54. The molecule has 110 valence electrons. The maximum Gasteiger partial charge on any atom is 0.416 e. The van der Waals surface area contributed by atoms with Crippen LogP contribution in [-0.4, -0.2) is 20.8 Å². The number of pyridine rings is 1. The summed E-state index contributed by atoms with van der Waals surface area (Å²) in [5.41, 5.74) is 7.28. The minimum Gasteiger partial charge on any atom is -0.464 e. The number of carboxylic acid groups (broad SMARTS) is 1. The highest BCUT2D eigenvalue weighted by atomic mass is 16.5. The fourth-order valence-corrected chi connectivity index (χ4v) is 2.04. The standard InChI is InChI=1S/C16H13N3O3/c17-11-3-5-12(6-4-11)22-13-7-8-18-14(10-13)15-2-1-9-19(15)16(20)21/h1-10H,17H2,(H,20,21). The minimum atomic E-state index is -1.06. The van der Waals surface area contributed by atoms with Crippen molar-refractivity contribution in [2.24, 2.45) is 0 Å². The molecule has 0 saturated carbocycles. The highest BCUT2D eigenvalue weighted by Gasteiger charge is 2.11. The fourth-order valence-electron chi connectivity index (χ4n) is 2.04. The Morgan fingerprint density at radius 3 is 2.64 bits per heavy atom. The summed E-state index contributed by atoms with van der Waals surface area (Å²) in [4.78, 5) is 15.4. The normalized spacial score (nSPS) is 10.4. The molecule has 3 rings (SSSR count). The second kappa shape index (κ2) is 5.61. The van der Waals surface area contributed by atoms with Gasteiger partial charge in [-0.2, -0.15) is 0 Å². The second-order valence-corrected chi connectivity index (χ2v) is 4.59. The van der Waals surface area contributed by atoms with Crippen LogP contribution < -0.4 is 10.5 Å². The Morgan fingerprint density at radius 1 is 1.14 bits per heavy atom. The maximum absolute atomic E-state index is 11.2. The van der Waals surface area contributed by atoms with E-state index in [1.165, 1.54) is 6.20 Å². The molecule has 3 N–H and O–H groups in total. The molecule has 6 nitrogen and oxygen atoms in total. The van der Waals surface area contributed by atoms with Crippen LogP contribution in [-0.2, 0) is 0 Å². The maximum atomic E-state index is 11.2. The molecule has 0 spiro atoms. The van der Waals surface area contributed by atoms with Crippen molar-refractivity contribution in [2.45, 2.75) is 0 Å². The third-order valence-corrected chi connectivity index (χ3v) is 3.06. The zero-order chi connectivity index (χ0) is 15.5. The SMILES string of the molecule is Nc1ccc(Oc2ccnc(-c3cccn3C(=O)O)c2)cc1. The van der Waals surface area contributed by atoms with Crippen molar-refractivity contribution in [2.75, 3.05) is 5.73 Å². The van der Waals surface area contributed by atoms with E-state index in [0.717, 1.165) is 4.57 Å². The Hall–Kier alpha value is -3.28. The first-order chi connectivity index (χ1) is 10.6. The average molecular weight is 295 g/mol. The second-order valence-electron chi connectivity index (χ2n) is 4.59. The van der Waals surface area contributed by atoms with E-state index in [0.29, 0.717) is 28.6 Å². The van der Waals surface area contributed by atoms with Gasteiger partial charge in [0.15, 0.2) is 0 Å². The van der Waals surface area contributed by atoms with Crippen molar-refractivity contribution < 1.29 is 14.6 Å². The lowest BCUT2D eigenvalue weighted by atomic mass is 10.2. The lowest BCUT2D eigenvalue weighted by Crippen LogP contribution is -2.08. The molecule has 0 aliphatic carbocycles. The Bertz CT molecular complexity index is 810. The summed E-state index contributed by atoms with van der Waals surface area (Å²) in [5.74, 6) is 1.20. The highest BCUT2D eigenvalue weighted by Crippen LogP contribution is 2.26. The molecular formula is C16H13N3O3. The number of rotatable bonds is 3. The van der Waals surface area contributed by atoms with E-state index in [9.17, 15) is 4.79 Å². The van der Waals surface area contributed by atoms with Crippen LogP contribution in [0.25, 0.3) is 11.4 Å². The van der Waals surface area contributed by atoms with Gasteiger partial charge in [0.1, 0.15) is 11.5 Å². The fraction of sp³-hybridized carbons (Fsp3) is 0. The van der Waals surface area contributed by atoms with Gasteiger partial charge in [0.25, 0.3) is 0 Å². The summed E-state index contributed by atoms with van der Waals surface area (Å²) in [6.07, 6.45) is 1.97. The lowest BCUT2D eigenvalue weighted by Gasteiger charge is -2.08. The van der Waals surface area contributed by atoms with Gasteiger partial charge in [0.2, 0.25) is 0 Å². The third kappa shape index (κ3) is 2.76. The Balaban J connectivity index is 1.91. The first kappa shape index (κ1) is 13.7. The zero-order valence-electron chi connectivity index (χ0n) is 11.5. The molecule has 1 aromatic carbocycles. The number of nitrogens with two attached hydrogens (primary N) is 1. The van der Waals surface area contributed by atoms with Gasteiger partial charge < -0.3 is 15.6 Å². The molecule has 0 unspecified atom stereocenters. The van der Waals surface area contributed by atoms with Crippen LogP contribution in [0.1, 0.15) is 0 Å². The summed E-state index contributed by atoms with van der Waals surface area (Å²) in [6, 6.07) is 13.7. The minimum absolute atomic E-state index is 0.482. The molecule has 2 aromatic heterocycles. The average Bonchev–Trinajstić information content (AvgIpc) is 3.00. The number of hydrogen-bond donors (Lipinski definition) is 2. The van der Waals surface area contributed by atoms with Gasteiger partial charge in [-0.1, -0.05) is 0 Å². The van der Waals surface area contributed by atoms with E-state index in [1.807, 2.05) is 0 Å². The number of benzene rings is 1. The molecule has 0 aliphatic rings. The van der Waals surface area contributed by atoms with Crippen molar-refractivity contribution in [3.63, 3.8) is 0 Å². The van der Waals surface area contributed by atoms with Crippen LogP contribution >= 0.6 is 0 Å². The molecule has 3 aromatic rings. The van der Waals surface area contributed by atoms with E-state index < -0.39 is 6.09 Å². The lowest BCUT2D eigenvalue weighted by molar-refractivity contribution is 0.197. The van der Waals surface area contributed by atoms with Crippen molar-refractivity contribution in [3.05, 3.63) is 60.9 Å². The van der Waals surface area contributed by atoms with Gasteiger partial charge in [-0.25, -0.2) is 4.79 Å². The monoisotopic (exact) mass is 295 g/mol. The topological polar surface area (TPSA) is 90.4 Å². The molecule has 0 radical (unpaired) electrons. The molecule has 0 aliphatic heterocycles. The largest absolute Gasteiger partial charge is 0.464 e. The van der Waals surface area contributed by atoms with E-state index in [1.54, 1.807) is 54.7 Å². The quantitative estimate of drug-likeness (QED) is 0.722. The van der Waals surface area contributed by atoms with Gasteiger partial charge in [-0.3, -0.25) is 9.55 Å².